The van der Waals surface area contributed by atoms with E-state index in [1.54, 1.807) is 24.3 Å². The Morgan fingerprint density at radius 1 is 1.29 bits per heavy atom. The minimum atomic E-state index is -0.482. The Morgan fingerprint density at radius 3 is 2.96 bits per heavy atom. The summed E-state index contributed by atoms with van der Waals surface area (Å²) in [6, 6.07) is 8.62. The molecule has 2 aromatic rings. The van der Waals surface area contributed by atoms with Crippen molar-refractivity contribution < 1.29 is 23.8 Å². The minimum absolute atomic E-state index is 0.0461. The van der Waals surface area contributed by atoms with Crippen LogP contribution in [0.1, 0.15) is 29.3 Å². The molecule has 0 fully saturated rings. The summed E-state index contributed by atoms with van der Waals surface area (Å²) in [6.45, 7) is 2.98. The molecule has 1 atom stereocenters. The number of nitrogens with one attached hydrogen (secondary N) is 1. The Kier molecular flexibility index (Phi) is 5.37. The van der Waals surface area contributed by atoms with Crippen LogP contribution in [-0.2, 0) is 16.1 Å². The predicted molar refractivity (Wildman–Crippen MR) is 107 cm³/mol. The highest BCUT2D eigenvalue weighted by atomic mass is 35.5. The first-order valence-corrected chi connectivity index (χ1v) is 10.1. The van der Waals surface area contributed by atoms with Crippen LogP contribution in [0.25, 0.3) is 0 Å². The minimum Gasteiger partial charge on any atom is -0.489 e. The fraction of sp³-hybridized carbons (Fsp3) is 0.300. The maximum Gasteiger partial charge on any atom is 0.338 e. The molecular formula is C20H18ClNO5S. The molecular weight excluding hydrogens is 402 g/mol. The van der Waals surface area contributed by atoms with E-state index in [0.29, 0.717) is 46.5 Å². The standard InChI is InChI=1S/C20H18ClNO5S/c1-11-19(23)22-15-9-13(3-4-17(15)28-11)20(24)27-10-12-7-14(21)18-16(8-12)25-5-2-6-26-18/h3-4,7-9,11H,2,5-6,10H2,1H3,(H,22,23)/t11-/m0/s1. The summed E-state index contributed by atoms with van der Waals surface area (Å²) in [5, 5.41) is 3.08. The van der Waals surface area contributed by atoms with E-state index >= 15 is 0 Å². The van der Waals surface area contributed by atoms with Crippen LogP contribution in [0, 0.1) is 0 Å². The average molecular weight is 420 g/mol. The molecule has 2 heterocycles. The predicted octanol–water partition coefficient (Wildman–Crippen LogP) is 4.29. The molecule has 0 unspecified atom stereocenters. The summed E-state index contributed by atoms with van der Waals surface area (Å²) >= 11 is 7.73. The molecule has 0 aromatic heterocycles. The number of rotatable bonds is 3. The van der Waals surface area contributed by atoms with Crippen LogP contribution in [0.5, 0.6) is 11.5 Å². The van der Waals surface area contributed by atoms with Crippen molar-refractivity contribution in [1.29, 1.82) is 0 Å². The van der Waals surface area contributed by atoms with Crippen molar-refractivity contribution in [3.63, 3.8) is 0 Å². The van der Waals surface area contributed by atoms with Gasteiger partial charge in [-0.2, -0.15) is 0 Å². The second-order valence-corrected chi connectivity index (χ2v) is 8.28. The fourth-order valence-corrected chi connectivity index (χ4v) is 4.15. The van der Waals surface area contributed by atoms with Gasteiger partial charge in [-0.15, -0.1) is 11.8 Å². The number of carbonyl (C=O) groups excluding carboxylic acids is 2. The van der Waals surface area contributed by atoms with Crippen molar-refractivity contribution in [2.75, 3.05) is 18.5 Å². The largest absolute Gasteiger partial charge is 0.489 e. The van der Waals surface area contributed by atoms with Gasteiger partial charge in [0.2, 0.25) is 5.91 Å². The average Bonchev–Trinajstić information content (AvgIpc) is 2.92. The third-order valence-electron chi connectivity index (χ3n) is 4.38. The maximum atomic E-state index is 12.4. The first-order chi connectivity index (χ1) is 13.5. The van der Waals surface area contributed by atoms with E-state index in [0.717, 1.165) is 11.3 Å². The highest BCUT2D eigenvalue weighted by Gasteiger charge is 2.24. The second-order valence-electron chi connectivity index (χ2n) is 6.49. The number of thioether (sulfide) groups is 1. The van der Waals surface area contributed by atoms with Crippen molar-refractivity contribution in [2.24, 2.45) is 0 Å². The third kappa shape index (κ3) is 3.91. The lowest BCUT2D eigenvalue weighted by Crippen LogP contribution is -2.26. The highest BCUT2D eigenvalue weighted by molar-refractivity contribution is 8.00. The van der Waals surface area contributed by atoms with Crippen molar-refractivity contribution in [3.05, 3.63) is 46.5 Å². The summed E-state index contributed by atoms with van der Waals surface area (Å²) in [7, 11) is 0. The van der Waals surface area contributed by atoms with Gasteiger partial charge in [0.15, 0.2) is 11.5 Å². The molecule has 2 aromatic carbocycles. The van der Waals surface area contributed by atoms with Gasteiger partial charge in [0, 0.05) is 11.3 Å². The van der Waals surface area contributed by atoms with E-state index in [9.17, 15) is 9.59 Å². The zero-order chi connectivity index (χ0) is 19.7. The van der Waals surface area contributed by atoms with E-state index in [1.807, 2.05) is 13.0 Å². The second kappa shape index (κ2) is 7.93. The number of ether oxygens (including phenoxy) is 3. The molecule has 4 rings (SSSR count). The molecule has 2 aliphatic rings. The van der Waals surface area contributed by atoms with Gasteiger partial charge in [0.05, 0.1) is 34.7 Å². The van der Waals surface area contributed by atoms with E-state index in [2.05, 4.69) is 5.32 Å². The first-order valence-electron chi connectivity index (χ1n) is 8.88. The van der Waals surface area contributed by atoms with E-state index in [1.165, 1.54) is 11.8 Å². The fourth-order valence-electron chi connectivity index (χ4n) is 2.94. The Bertz CT molecular complexity index is 948. The maximum absolute atomic E-state index is 12.4. The summed E-state index contributed by atoms with van der Waals surface area (Å²) < 4.78 is 16.7. The lowest BCUT2D eigenvalue weighted by atomic mass is 10.2. The van der Waals surface area contributed by atoms with E-state index < -0.39 is 5.97 Å². The van der Waals surface area contributed by atoms with Crippen molar-refractivity contribution in [2.45, 2.75) is 30.1 Å². The van der Waals surface area contributed by atoms with Crippen molar-refractivity contribution in [3.8, 4) is 11.5 Å². The Hall–Kier alpha value is -2.38. The normalized spacial score (nSPS) is 17.9. The smallest absolute Gasteiger partial charge is 0.338 e. The Labute approximate surface area is 171 Å². The number of halogens is 1. The zero-order valence-corrected chi connectivity index (χ0v) is 16.7. The number of hydrogen-bond acceptors (Lipinski definition) is 6. The molecule has 8 heteroatoms. The van der Waals surface area contributed by atoms with Crippen LogP contribution in [0.4, 0.5) is 5.69 Å². The number of benzene rings is 2. The number of hydrogen-bond donors (Lipinski definition) is 1. The van der Waals surface area contributed by atoms with Crippen LogP contribution in [0.2, 0.25) is 5.02 Å². The molecule has 0 saturated carbocycles. The monoisotopic (exact) mass is 419 g/mol. The van der Waals surface area contributed by atoms with Gasteiger partial charge in [-0.3, -0.25) is 4.79 Å². The molecule has 0 bridgehead atoms. The van der Waals surface area contributed by atoms with Crippen molar-refractivity contribution >= 4 is 40.9 Å². The molecule has 0 radical (unpaired) electrons. The van der Waals surface area contributed by atoms with Crippen LogP contribution in [0.3, 0.4) is 0 Å². The van der Waals surface area contributed by atoms with Gasteiger partial charge in [-0.1, -0.05) is 11.6 Å². The lowest BCUT2D eigenvalue weighted by molar-refractivity contribution is -0.115. The van der Waals surface area contributed by atoms with Crippen molar-refractivity contribution in [1.82, 2.24) is 0 Å². The van der Waals surface area contributed by atoms with Crippen LogP contribution in [0.15, 0.2) is 35.2 Å². The topological polar surface area (TPSA) is 73.9 Å². The summed E-state index contributed by atoms with van der Waals surface area (Å²) in [6.07, 6.45) is 0.779. The van der Waals surface area contributed by atoms with Gasteiger partial charge >= 0.3 is 5.97 Å². The third-order valence-corrected chi connectivity index (χ3v) is 5.84. The summed E-state index contributed by atoms with van der Waals surface area (Å²) in [4.78, 5) is 25.2. The van der Waals surface area contributed by atoms with Gasteiger partial charge < -0.3 is 19.5 Å². The molecule has 6 nitrogen and oxygen atoms in total. The summed E-state index contributed by atoms with van der Waals surface area (Å²) in [5.74, 6) is 0.513. The molecule has 146 valence electrons. The van der Waals surface area contributed by atoms with Crippen LogP contribution < -0.4 is 14.8 Å². The molecule has 0 spiro atoms. The van der Waals surface area contributed by atoms with Crippen LogP contribution in [-0.4, -0.2) is 30.3 Å². The quantitative estimate of drug-likeness (QED) is 0.748. The number of fused-ring (bicyclic) bond motifs is 2. The first kappa shape index (κ1) is 19.0. The Balaban J connectivity index is 1.46. The number of esters is 1. The molecule has 2 aliphatic heterocycles. The van der Waals surface area contributed by atoms with Gasteiger partial charge in [-0.25, -0.2) is 4.79 Å². The van der Waals surface area contributed by atoms with E-state index in [4.69, 9.17) is 25.8 Å². The molecule has 0 aliphatic carbocycles. The zero-order valence-electron chi connectivity index (χ0n) is 15.1. The SMILES string of the molecule is C[C@@H]1Sc2ccc(C(=O)OCc3cc(Cl)c4c(c3)OCCCO4)cc2NC1=O. The van der Waals surface area contributed by atoms with E-state index in [-0.39, 0.29) is 17.8 Å². The van der Waals surface area contributed by atoms with Gasteiger partial charge in [0.25, 0.3) is 0 Å². The lowest BCUT2D eigenvalue weighted by Gasteiger charge is -2.21. The van der Waals surface area contributed by atoms with Crippen LogP contribution >= 0.6 is 23.4 Å². The molecule has 1 amide bonds. The van der Waals surface area contributed by atoms with Gasteiger partial charge in [-0.05, 0) is 42.8 Å². The Morgan fingerprint density at radius 2 is 2.11 bits per heavy atom. The summed E-state index contributed by atoms with van der Waals surface area (Å²) in [5.41, 5.74) is 1.70. The number of anilines is 1. The highest BCUT2D eigenvalue weighted by Crippen LogP contribution is 2.38. The molecule has 0 saturated heterocycles. The number of carbonyl (C=O) groups is 2. The number of amides is 1. The molecule has 1 N–H and O–H groups in total. The molecule has 28 heavy (non-hydrogen) atoms. The van der Waals surface area contributed by atoms with Gasteiger partial charge in [0.1, 0.15) is 6.61 Å².